The molecule has 1 aromatic carbocycles. The Labute approximate surface area is 155 Å². The molecular formula is C17H26ClN3O3S. The van der Waals surface area contributed by atoms with Crippen molar-refractivity contribution < 1.29 is 13.2 Å². The summed E-state index contributed by atoms with van der Waals surface area (Å²) in [6.45, 7) is 4.30. The molecule has 3 rings (SSSR count). The van der Waals surface area contributed by atoms with Crippen LogP contribution in [-0.2, 0) is 27.7 Å². The largest absolute Gasteiger partial charge is 0.342 e. The minimum atomic E-state index is -3.49. The van der Waals surface area contributed by atoms with Gasteiger partial charge in [0, 0.05) is 32.6 Å². The molecule has 1 unspecified atom stereocenters. The minimum absolute atomic E-state index is 0. The zero-order chi connectivity index (χ0) is 17.2. The third kappa shape index (κ3) is 4.94. The van der Waals surface area contributed by atoms with E-state index in [1.165, 1.54) is 0 Å². The molecule has 6 nitrogen and oxygen atoms in total. The van der Waals surface area contributed by atoms with Crippen LogP contribution in [0.25, 0.3) is 0 Å². The first kappa shape index (κ1) is 20.2. The molecule has 2 aliphatic heterocycles. The summed E-state index contributed by atoms with van der Waals surface area (Å²) in [5.41, 5.74) is 2.16. The molecule has 0 saturated carbocycles. The molecule has 0 spiro atoms. The highest BCUT2D eigenvalue weighted by Gasteiger charge is 2.22. The summed E-state index contributed by atoms with van der Waals surface area (Å²) in [7, 11) is -3.49. The van der Waals surface area contributed by atoms with E-state index < -0.39 is 10.0 Å². The first-order valence-corrected chi connectivity index (χ1v) is 10.0. The fourth-order valence-corrected chi connectivity index (χ4v) is 4.54. The molecule has 2 heterocycles. The zero-order valence-corrected chi connectivity index (χ0v) is 16.1. The van der Waals surface area contributed by atoms with E-state index in [1.807, 2.05) is 11.0 Å². The van der Waals surface area contributed by atoms with Crippen molar-refractivity contribution in [1.29, 1.82) is 0 Å². The Morgan fingerprint density at radius 1 is 1.28 bits per heavy atom. The number of sulfonamides is 1. The Bertz CT molecular complexity index is 718. The maximum Gasteiger partial charge on any atom is 0.240 e. The number of hydrogen-bond acceptors (Lipinski definition) is 4. The lowest BCUT2D eigenvalue weighted by Gasteiger charge is -2.17. The number of halogens is 1. The van der Waals surface area contributed by atoms with E-state index in [2.05, 4.69) is 10.0 Å². The number of hydrogen-bond donors (Lipinski definition) is 2. The Balaban J connectivity index is 0.00000225. The molecule has 1 saturated heterocycles. The third-order valence-corrected chi connectivity index (χ3v) is 6.34. The highest BCUT2D eigenvalue weighted by molar-refractivity contribution is 7.89. The summed E-state index contributed by atoms with van der Waals surface area (Å²) >= 11 is 0. The molecular weight excluding hydrogens is 362 g/mol. The van der Waals surface area contributed by atoms with Crippen LogP contribution in [0, 0.1) is 0 Å². The lowest BCUT2D eigenvalue weighted by molar-refractivity contribution is -0.128. The summed E-state index contributed by atoms with van der Waals surface area (Å²) in [6, 6.07) is 5.56. The second-order valence-electron chi connectivity index (χ2n) is 6.58. The van der Waals surface area contributed by atoms with Gasteiger partial charge >= 0.3 is 0 Å². The first-order chi connectivity index (χ1) is 11.5. The molecule has 1 fully saturated rings. The van der Waals surface area contributed by atoms with Gasteiger partial charge in [-0.25, -0.2) is 13.1 Å². The van der Waals surface area contributed by atoms with Gasteiger partial charge in [-0.15, -0.1) is 12.4 Å². The van der Waals surface area contributed by atoms with Crippen LogP contribution in [0.1, 0.15) is 30.9 Å². The molecule has 8 heteroatoms. The van der Waals surface area contributed by atoms with Gasteiger partial charge in [0.1, 0.15) is 0 Å². The standard InChI is InChI=1S/C17H25N3O3S.ClH/c1-13(21)20-9-6-14-4-5-17(11-15(14)7-10-20)24(22,23)19-12-16-3-2-8-18-16;/h4-5,11,16,18-19H,2-3,6-10,12H2,1H3;1H. The second-order valence-corrected chi connectivity index (χ2v) is 8.35. The number of fused-ring (bicyclic) bond motifs is 1. The normalized spacial score (nSPS) is 20.5. The quantitative estimate of drug-likeness (QED) is 0.810. The van der Waals surface area contributed by atoms with Gasteiger partial charge in [0.15, 0.2) is 0 Å². The van der Waals surface area contributed by atoms with Crippen LogP contribution >= 0.6 is 12.4 Å². The predicted molar refractivity (Wildman–Crippen MR) is 99.6 cm³/mol. The van der Waals surface area contributed by atoms with E-state index >= 15 is 0 Å². The first-order valence-electron chi connectivity index (χ1n) is 8.56. The van der Waals surface area contributed by atoms with E-state index in [-0.39, 0.29) is 24.4 Å². The van der Waals surface area contributed by atoms with Crippen molar-refractivity contribution in [3.8, 4) is 0 Å². The number of carbonyl (C=O) groups is 1. The van der Waals surface area contributed by atoms with Gasteiger partial charge in [-0.1, -0.05) is 6.07 Å². The van der Waals surface area contributed by atoms with Crippen molar-refractivity contribution in [1.82, 2.24) is 14.9 Å². The molecule has 2 N–H and O–H groups in total. The zero-order valence-electron chi connectivity index (χ0n) is 14.5. The molecule has 0 aromatic heterocycles. The average Bonchev–Trinajstić information content (AvgIpc) is 2.97. The fourth-order valence-electron chi connectivity index (χ4n) is 3.41. The minimum Gasteiger partial charge on any atom is -0.342 e. The van der Waals surface area contributed by atoms with Gasteiger partial charge in [-0.3, -0.25) is 4.79 Å². The van der Waals surface area contributed by atoms with E-state index in [4.69, 9.17) is 0 Å². The van der Waals surface area contributed by atoms with Crippen LogP contribution in [0.3, 0.4) is 0 Å². The monoisotopic (exact) mass is 387 g/mol. The summed E-state index contributed by atoms with van der Waals surface area (Å²) in [6.07, 6.45) is 3.57. The topological polar surface area (TPSA) is 78.5 Å². The van der Waals surface area contributed by atoms with Crippen LogP contribution in [0.2, 0.25) is 0 Å². The van der Waals surface area contributed by atoms with Crippen molar-refractivity contribution in [2.75, 3.05) is 26.2 Å². The van der Waals surface area contributed by atoms with E-state index in [0.29, 0.717) is 31.0 Å². The van der Waals surface area contributed by atoms with Gasteiger partial charge in [0.25, 0.3) is 0 Å². The second kappa shape index (κ2) is 8.49. The molecule has 25 heavy (non-hydrogen) atoms. The molecule has 140 valence electrons. The number of carbonyl (C=O) groups excluding carboxylic acids is 1. The van der Waals surface area contributed by atoms with Crippen LogP contribution < -0.4 is 10.0 Å². The summed E-state index contributed by atoms with van der Waals surface area (Å²) < 4.78 is 27.8. The van der Waals surface area contributed by atoms with Gasteiger partial charge in [0.2, 0.25) is 15.9 Å². The lowest BCUT2D eigenvalue weighted by Crippen LogP contribution is -2.37. The van der Waals surface area contributed by atoms with Gasteiger partial charge in [-0.2, -0.15) is 0 Å². The molecule has 1 amide bonds. The number of rotatable bonds is 4. The predicted octanol–water partition coefficient (Wildman–Crippen LogP) is 1.09. The molecule has 0 bridgehead atoms. The Kier molecular flexibility index (Phi) is 6.85. The third-order valence-electron chi connectivity index (χ3n) is 4.92. The lowest BCUT2D eigenvalue weighted by atomic mass is 10.0. The molecule has 2 aliphatic rings. The van der Waals surface area contributed by atoms with E-state index in [0.717, 1.165) is 36.9 Å². The van der Waals surface area contributed by atoms with Crippen LogP contribution in [-0.4, -0.2) is 51.4 Å². The molecule has 0 aliphatic carbocycles. The maximum absolute atomic E-state index is 12.5. The van der Waals surface area contributed by atoms with Crippen molar-refractivity contribution in [2.45, 2.75) is 43.5 Å². The van der Waals surface area contributed by atoms with Crippen molar-refractivity contribution in [2.24, 2.45) is 0 Å². The smallest absolute Gasteiger partial charge is 0.240 e. The van der Waals surface area contributed by atoms with Crippen molar-refractivity contribution in [3.63, 3.8) is 0 Å². The van der Waals surface area contributed by atoms with Crippen LogP contribution in [0.15, 0.2) is 23.1 Å². The van der Waals surface area contributed by atoms with Gasteiger partial charge in [-0.05, 0) is 55.5 Å². The summed E-state index contributed by atoms with van der Waals surface area (Å²) in [5.74, 6) is 0.0707. The number of amides is 1. The van der Waals surface area contributed by atoms with Crippen LogP contribution in [0.5, 0.6) is 0 Å². The summed E-state index contributed by atoms with van der Waals surface area (Å²) in [4.78, 5) is 13.7. The summed E-state index contributed by atoms with van der Waals surface area (Å²) in [5, 5.41) is 3.29. The highest BCUT2D eigenvalue weighted by atomic mass is 35.5. The van der Waals surface area contributed by atoms with Gasteiger partial charge in [0.05, 0.1) is 4.90 Å². The maximum atomic E-state index is 12.5. The number of nitrogens with zero attached hydrogens (tertiary/aromatic N) is 1. The molecule has 1 atom stereocenters. The molecule has 0 radical (unpaired) electrons. The number of benzene rings is 1. The average molecular weight is 388 g/mol. The number of nitrogens with one attached hydrogen (secondary N) is 2. The van der Waals surface area contributed by atoms with Crippen molar-refractivity contribution >= 4 is 28.3 Å². The Hall–Kier alpha value is -1.15. The van der Waals surface area contributed by atoms with Crippen LogP contribution in [0.4, 0.5) is 0 Å². The highest BCUT2D eigenvalue weighted by Crippen LogP contribution is 2.20. The Morgan fingerprint density at radius 3 is 2.64 bits per heavy atom. The molecule has 1 aromatic rings. The van der Waals surface area contributed by atoms with Crippen molar-refractivity contribution in [3.05, 3.63) is 29.3 Å². The fraction of sp³-hybridized carbons (Fsp3) is 0.588. The van der Waals surface area contributed by atoms with E-state index in [1.54, 1.807) is 19.1 Å². The van der Waals surface area contributed by atoms with E-state index in [9.17, 15) is 13.2 Å². The Morgan fingerprint density at radius 2 is 2.00 bits per heavy atom. The van der Waals surface area contributed by atoms with Gasteiger partial charge < -0.3 is 10.2 Å². The SMILES string of the molecule is CC(=O)N1CCc2ccc(S(=O)(=O)NCC3CCCN3)cc2CC1.Cl.